The maximum absolute atomic E-state index is 4.69. The minimum atomic E-state index is 0.903. The Morgan fingerprint density at radius 1 is 1.18 bits per heavy atom. The van der Waals surface area contributed by atoms with Crippen LogP contribution in [-0.4, -0.2) is 29.6 Å². The molecule has 0 radical (unpaired) electrons. The Balaban J connectivity index is 2.35. The molecule has 1 aromatic heterocycles. The first kappa shape index (κ1) is 12.1. The van der Waals surface area contributed by atoms with Crippen LogP contribution < -0.4 is 10.2 Å². The van der Waals surface area contributed by atoms with Crippen molar-refractivity contribution in [2.45, 2.75) is 40.0 Å². The number of rotatable bonds is 4. The Labute approximate surface area is 103 Å². The van der Waals surface area contributed by atoms with E-state index in [9.17, 15) is 0 Å². The molecule has 0 unspecified atom stereocenters. The fourth-order valence-corrected chi connectivity index (χ4v) is 2.29. The van der Waals surface area contributed by atoms with Gasteiger partial charge in [0.1, 0.15) is 5.82 Å². The van der Waals surface area contributed by atoms with Crippen molar-refractivity contribution >= 4 is 11.8 Å². The first-order valence-electron chi connectivity index (χ1n) is 6.62. The van der Waals surface area contributed by atoms with E-state index in [1.807, 2.05) is 0 Å². The molecule has 0 amide bonds. The fourth-order valence-electron chi connectivity index (χ4n) is 2.29. The first-order valence-corrected chi connectivity index (χ1v) is 6.62. The van der Waals surface area contributed by atoms with Crippen molar-refractivity contribution in [3.05, 3.63) is 11.3 Å². The van der Waals surface area contributed by atoms with Gasteiger partial charge in [0, 0.05) is 25.2 Å². The third-order valence-corrected chi connectivity index (χ3v) is 3.30. The van der Waals surface area contributed by atoms with Gasteiger partial charge in [-0.1, -0.05) is 6.92 Å². The molecular weight excluding hydrogens is 212 g/mol. The molecule has 0 aliphatic carbocycles. The van der Waals surface area contributed by atoms with Crippen LogP contribution in [0.3, 0.4) is 0 Å². The van der Waals surface area contributed by atoms with Gasteiger partial charge in [-0.15, -0.1) is 0 Å². The zero-order valence-corrected chi connectivity index (χ0v) is 11.1. The molecule has 0 saturated carbocycles. The van der Waals surface area contributed by atoms with E-state index in [2.05, 4.69) is 36.0 Å². The first-order chi connectivity index (χ1) is 8.26. The number of aromatic nitrogens is 2. The van der Waals surface area contributed by atoms with Crippen molar-refractivity contribution in [1.29, 1.82) is 0 Å². The minimum absolute atomic E-state index is 0.903. The monoisotopic (exact) mass is 234 g/mol. The molecule has 0 atom stereocenters. The van der Waals surface area contributed by atoms with Crippen molar-refractivity contribution in [2.24, 2.45) is 0 Å². The lowest BCUT2D eigenvalue weighted by atomic mass is 10.2. The number of aryl methyl sites for hydroxylation is 1. The van der Waals surface area contributed by atoms with Crippen LogP contribution in [0.1, 0.15) is 37.9 Å². The zero-order chi connectivity index (χ0) is 12.3. The molecule has 1 aliphatic rings. The highest BCUT2D eigenvalue weighted by Gasteiger charge is 2.17. The second kappa shape index (κ2) is 5.34. The summed E-state index contributed by atoms with van der Waals surface area (Å²) < 4.78 is 0. The molecule has 1 fully saturated rings. The second-order valence-electron chi connectivity index (χ2n) is 4.52. The predicted molar refractivity (Wildman–Crippen MR) is 71.8 cm³/mol. The Morgan fingerprint density at radius 3 is 2.47 bits per heavy atom. The van der Waals surface area contributed by atoms with Crippen LogP contribution in [0.4, 0.5) is 11.8 Å². The van der Waals surface area contributed by atoms with Gasteiger partial charge in [-0.05, 0) is 33.1 Å². The van der Waals surface area contributed by atoms with Gasteiger partial charge in [-0.3, -0.25) is 0 Å². The highest BCUT2D eigenvalue weighted by Crippen LogP contribution is 2.22. The van der Waals surface area contributed by atoms with Crippen LogP contribution in [0.15, 0.2) is 0 Å². The van der Waals surface area contributed by atoms with Crippen LogP contribution in [0.5, 0.6) is 0 Å². The van der Waals surface area contributed by atoms with Crippen LogP contribution in [-0.2, 0) is 6.42 Å². The molecule has 2 heterocycles. The van der Waals surface area contributed by atoms with E-state index >= 15 is 0 Å². The molecule has 4 heteroatoms. The topological polar surface area (TPSA) is 41.1 Å². The Kier molecular flexibility index (Phi) is 3.82. The predicted octanol–water partition coefficient (Wildman–Crippen LogP) is 2.38. The third kappa shape index (κ3) is 2.51. The largest absolute Gasteiger partial charge is 0.370 e. The lowest BCUT2D eigenvalue weighted by Gasteiger charge is -2.19. The van der Waals surface area contributed by atoms with E-state index in [-0.39, 0.29) is 0 Å². The van der Waals surface area contributed by atoms with E-state index in [1.54, 1.807) is 0 Å². The molecule has 1 saturated heterocycles. The van der Waals surface area contributed by atoms with E-state index in [0.29, 0.717) is 0 Å². The molecule has 2 rings (SSSR count). The van der Waals surface area contributed by atoms with Crippen LogP contribution in [0.2, 0.25) is 0 Å². The zero-order valence-electron chi connectivity index (χ0n) is 11.1. The Bertz CT molecular complexity index is 383. The maximum Gasteiger partial charge on any atom is 0.227 e. The third-order valence-electron chi connectivity index (χ3n) is 3.30. The minimum Gasteiger partial charge on any atom is -0.370 e. The summed E-state index contributed by atoms with van der Waals surface area (Å²) in [6.07, 6.45) is 3.48. The van der Waals surface area contributed by atoms with Crippen LogP contribution in [0, 0.1) is 6.92 Å². The fraction of sp³-hybridized carbons (Fsp3) is 0.692. The van der Waals surface area contributed by atoms with Gasteiger partial charge in [-0.25, -0.2) is 4.98 Å². The van der Waals surface area contributed by atoms with Gasteiger partial charge in [0.25, 0.3) is 0 Å². The lowest BCUT2D eigenvalue weighted by molar-refractivity contribution is 0.865. The second-order valence-corrected chi connectivity index (χ2v) is 4.52. The van der Waals surface area contributed by atoms with Gasteiger partial charge >= 0.3 is 0 Å². The Morgan fingerprint density at radius 2 is 1.88 bits per heavy atom. The molecule has 4 nitrogen and oxygen atoms in total. The summed E-state index contributed by atoms with van der Waals surface area (Å²) in [5.74, 6) is 1.90. The number of nitrogens with one attached hydrogen (secondary N) is 1. The molecule has 1 aromatic rings. The highest BCUT2D eigenvalue weighted by molar-refractivity contribution is 5.51. The van der Waals surface area contributed by atoms with E-state index in [0.717, 1.165) is 43.5 Å². The molecule has 17 heavy (non-hydrogen) atoms. The summed E-state index contributed by atoms with van der Waals surface area (Å²) in [4.78, 5) is 11.6. The van der Waals surface area contributed by atoms with Gasteiger partial charge < -0.3 is 10.2 Å². The average molecular weight is 234 g/mol. The highest BCUT2D eigenvalue weighted by atomic mass is 15.3. The van der Waals surface area contributed by atoms with E-state index in [4.69, 9.17) is 4.98 Å². The molecule has 1 N–H and O–H groups in total. The van der Waals surface area contributed by atoms with Crippen molar-refractivity contribution in [3.8, 4) is 0 Å². The van der Waals surface area contributed by atoms with Gasteiger partial charge in [-0.2, -0.15) is 4.98 Å². The molecule has 0 spiro atoms. The van der Waals surface area contributed by atoms with Gasteiger partial charge in [0.2, 0.25) is 5.95 Å². The van der Waals surface area contributed by atoms with Crippen molar-refractivity contribution in [1.82, 2.24) is 9.97 Å². The molecular formula is C13H22N4. The average Bonchev–Trinajstić information content (AvgIpc) is 2.85. The summed E-state index contributed by atoms with van der Waals surface area (Å²) in [7, 11) is 0. The van der Waals surface area contributed by atoms with Crippen molar-refractivity contribution in [2.75, 3.05) is 29.9 Å². The number of anilines is 2. The molecule has 1 aliphatic heterocycles. The number of hydrogen-bond acceptors (Lipinski definition) is 4. The van der Waals surface area contributed by atoms with Crippen molar-refractivity contribution < 1.29 is 0 Å². The van der Waals surface area contributed by atoms with Crippen LogP contribution >= 0.6 is 0 Å². The van der Waals surface area contributed by atoms with Gasteiger partial charge in [0.15, 0.2) is 0 Å². The summed E-state index contributed by atoms with van der Waals surface area (Å²) in [6, 6.07) is 0. The molecule has 94 valence electrons. The summed E-state index contributed by atoms with van der Waals surface area (Å²) in [6.45, 7) is 9.45. The van der Waals surface area contributed by atoms with Crippen molar-refractivity contribution in [3.63, 3.8) is 0 Å². The molecule has 0 aromatic carbocycles. The quantitative estimate of drug-likeness (QED) is 0.868. The Hall–Kier alpha value is -1.32. The maximum atomic E-state index is 4.69. The summed E-state index contributed by atoms with van der Waals surface area (Å²) in [5, 5.41) is 3.34. The van der Waals surface area contributed by atoms with E-state index < -0.39 is 0 Å². The number of hydrogen-bond donors (Lipinski definition) is 1. The standard InChI is InChI=1S/C13H22N4/c1-4-11-10(3)12(14-5-2)16-13(15-11)17-8-6-7-9-17/h4-9H2,1-3H3,(H,14,15,16). The lowest BCUT2D eigenvalue weighted by Crippen LogP contribution is -2.22. The van der Waals surface area contributed by atoms with Crippen LogP contribution in [0.25, 0.3) is 0 Å². The molecule has 0 bridgehead atoms. The summed E-state index contributed by atoms with van der Waals surface area (Å²) in [5.41, 5.74) is 2.36. The SMILES string of the molecule is CCNc1nc(N2CCCC2)nc(CC)c1C. The summed E-state index contributed by atoms with van der Waals surface area (Å²) >= 11 is 0. The smallest absolute Gasteiger partial charge is 0.227 e. The number of nitrogens with zero attached hydrogens (tertiary/aromatic N) is 3. The van der Waals surface area contributed by atoms with E-state index in [1.165, 1.54) is 18.4 Å². The normalized spacial score (nSPS) is 15.4. The van der Waals surface area contributed by atoms with Gasteiger partial charge in [0.05, 0.1) is 5.69 Å².